The number of hydrogen-bond acceptors (Lipinski definition) is 4. The van der Waals surface area contributed by atoms with Crippen molar-refractivity contribution in [3.05, 3.63) is 54.1 Å². The molecule has 0 unspecified atom stereocenters. The maximum atomic E-state index is 10.8. The van der Waals surface area contributed by atoms with Crippen LogP contribution in [0.15, 0.2) is 48.5 Å². The van der Waals surface area contributed by atoms with Crippen molar-refractivity contribution in [2.24, 2.45) is 0 Å². The minimum absolute atomic E-state index is 0.0357. The van der Waals surface area contributed by atoms with Crippen LogP contribution in [0, 0.1) is 0 Å². The highest BCUT2D eigenvalue weighted by molar-refractivity contribution is 5.90. The molecule has 2 aromatic carbocycles. The number of nitrogens with zero attached hydrogens (tertiary/aromatic N) is 2. The van der Waals surface area contributed by atoms with Gasteiger partial charge in [0.15, 0.2) is 5.82 Å². The maximum Gasteiger partial charge on any atom is 0.305 e. The van der Waals surface area contributed by atoms with Crippen LogP contribution in [0.3, 0.4) is 0 Å². The smallest absolute Gasteiger partial charge is 0.305 e. The fourth-order valence-corrected chi connectivity index (χ4v) is 2.75. The standard InChI is InChI=1S/C21H23N3O2/c1-21(2,3)15-10-8-14(9-11-15)19-23-17-7-5-4-6-16(17)20(24-19)22-13-12-18(25)26/h4-11H,12-13H2,1-3H3,(H,25,26)(H,22,23,24). The van der Waals surface area contributed by atoms with Gasteiger partial charge in [0, 0.05) is 17.5 Å². The lowest BCUT2D eigenvalue weighted by molar-refractivity contribution is -0.136. The van der Waals surface area contributed by atoms with Gasteiger partial charge in [0.1, 0.15) is 5.82 Å². The summed E-state index contributed by atoms with van der Waals surface area (Å²) in [7, 11) is 0. The second-order valence-electron chi connectivity index (χ2n) is 7.31. The topological polar surface area (TPSA) is 75.1 Å². The van der Waals surface area contributed by atoms with Gasteiger partial charge in [0.25, 0.3) is 0 Å². The Morgan fingerprint density at radius 3 is 2.38 bits per heavy atom. The van der Waals surface area contributed by atoms with Crippen molar-refractivity contribution < 1.29 is 9.90 Å². The molecule has 0 radical (unpaired) electrons. The summed E-state index contributed by atoms with van der Waals surface area (Å²) >= 11 is 0. The molecular formula is C21H23N3O2. The second kappa shape index (κ2) is 7.12. The number of hydrogen-bond donors (Lipinski definition) is 2. The van der Waals surface area contributed by atoms with Crippen LogP contribution in [0.2, 0.25) is 0 Å². The van der Waals surface area contributed by atoms with Crippen LogP contribution in [0.25, 0.3) is 22.3 Å². The molecule has 5 heteroatoms. The molecule has 1 heterocycles. The van der Waals surface area contributed by atoms with Crippen LogP contribution in [-0.2, 0) is 10.2 Å². The first-order chi connectivity index (χ1) is 12.3. The van der Waals surface area contributed by atoms with E-state index in [2.05, 4.69) is 48.2 Å². The summed E-state index contributed by atoms with van der Waals surface area (Å²) in [5, 5.41) is 12.9. The third-order valence-corrected chi connectivity index (χ3v) is 4.24. The molecule has 2 N–H and O–H groups in total. The summed E-state index contributed by atoms with van der Waals surface area (Å²) in [6, 6.07) is 16.0. The lowest BCUT2D eigenvalue weighted by Crippen LogP contribution is -2.11. The van der Waals surface area contributed by atoms with E-state index in [1.807, 2.05) is 36.4 Å². The summed E-state index contributed by atoms with van der Waals surface area (Å²) in [6.45, 7) is 6.86. The van der Waals surface area contributed by atoms with Crippen LogP contribution >= 0.6 is 0 Å². The molecule has 0 saturated carbocycles. The number of carboxylic acids is 1. The van der Waals surface area contributed by atoms with Gasteiger partial charge < -0.3 is 10.4 Å². The predicted molar refractivity (Wildman–Crippen MR) is 104 cm³/mol. The molecule has 0 aliphatic rings. The molecule has 0 spiro atoms. The van der Waals surface area contributed by atoms with Crippen LogP contribution in [0.1, 0.15) is 32.8 Å². The van der Waals surface area contributed by atoms with E-state index in [9.17, 15) is 4.79 Å². The molecule has 1 aromatic heterocycles. The number of aromatic nitrogens is 2. The minimum Gasteiger partial charge on any atom is -0.481 e. The van der Waals surface area contributed by atoms with E-state index in [4.69, 9.17) is 5.11 Å². The molecule has 0 atom stereocenters. The number of aliphatic carboxylic acids is 1. The van der Waals surface area contributed by atoms with E-state index in [0.29, 0.717) is 18.2 Å². The summed E-state index contributed by atoms with van der Waals surface area (Å²) < 4.78 is 0. The molecule has 134 valence electrons. The highest BCUT2D eigenvalue weighted by Crippen LogP contribution is 2.27. The quantitative estimate of drug-likeness (QED) is 0.710. The number of benzene rings is 2. The van der Waals surface area contributed by atoms with Crippen molar-refractivity contribution in [2.45, 2.75) is 32.6 Å². The average molecular weight is 349 g/mol. The van der Waals surface area contributed by atoms with Crippen molar-refractivity contribution in [3.63, 3.8) is 0 Å². The van der Waals surface area contributed by atoms with E-state index in [1.54, 1.807) is 0 Å². The Kier molecular flexibility index (Phi) is 4.89. The van der Waals surface area contributed by atoms with Gasteiger partial charge in [0.05, 0.1) is 11.9 Å². The van der Waals surface area contributed by atoms with E-state index in [1.165, 1.54) is 5.56 Å². The van der Waals surface area contributed by atoms with Crippen LogP contribution in [0.5, 0.6) is 0 Å². The van der Waals surface area contributed by atoms with Crippen LogP contribution in [0.4, 0.5) is 5.82 Å². The molecule has 5 nitrogen and oxygen atoms in total. The molecule has 3 aromatic rings. The third-order valence-electron chi connectivity index (χ3n) is 4.24. The van der Waals surface area contributed by atoms with E-state index in [-0.39, 0.29) is 11.8 Å². The number of fused-ring (bicyclic) bond motifs is 1. The summed E-state index contributed by atoms with van der Waals surface area (Å²) in [5.74, 6) is 0.447. The average Bonchev–Trinajstić information content (AvgIpc) is 2.60. The van der Waals surface area contributed by atoms with Gasteiger partial charge in [-0.25, -0.2) is 9.97 Å². The fourth-order valence-electron chi connectivity index (χ4n) is 2.75. The number of anilines is 1. The van der Waals surface area contributed by atoms with Crippen molar-refractivity contribution >= 4 is 22.7 Å². The Balaban J connectivity index is 1.99. The number of rotatable bonds is 5. The van der Waals surface area contributed by atoms with Gasteiger partial charge in [-0.3, -0.25) is 4.79 Å². The first-order valence-electron chi connectivity index (χ1n) is 8.68. The van der Waals surface area contributed by atoms with Gasteiger partial charge in [-0.15, -0.1) is 0 Å². The lowest BCUT2D eigenvalue weighted by Gasteiger charge is -2.19. The van der Waals surface area contributed by atoms with Crippen LogP contribution < -0.4 is 5.32 Å². The first kappa shape index (κ1) is 17.9. The number of para-hydroxylation sites is 1. The Morgan fingerprint density at radius 2 is 1.73 bits per heavy atom. The highest BCUT2D eigenvalue weighted by atomic mass is 16.4. The molecule has 3 rings (SSSR count). The largest absolute Gasteiger partial charge is 0.481 e. The van der Waals surface area contributed by atoms with Gasteiger partial charge in [0.2, 0.25) is 0 Å². The molecule has 0 saturated heterocycles. The van der Waals surface area contributed by atoms with E-state index in [0.717, 1.165) is 16.5 Å². The number of nitrogens with one attached hydrogen (secondary N) is 1. The van der Waals surface area contributed by atoms with Crippen LogP contribution in [-0.4, -0.2) is 27.6 Å². The van der Waals surface area contributed by atoms with Crippen molar-refractivity contribution in [2.75, 3.05) is 11.9 Å². The molecule has 26 heavy (non-hydrogen) atoms. The zero-order valence-electron chi connectivity index (χ0n) is 15.3. The van der Waals surface area contributed by atoms with Crippen molar-refractivity contribution in [1.82, 2.24) is 9.97 Å². The summed E-state index contributed by atoms with van der Waals surface area (Å²) in [6.07, 6.45) is 0.0357. The normalized spacial score (nSPS) is 11.5. The Hall–Kier alpha value is -2.95. The van der Waals surface area contributed by atoms with E-state index >= 15 is 0 Å². The number of carbonyl (C=O) groups is 1. The lowest BCUT2D eigenvalue weighted by atomic mass is 9.87. The first-order valence-corrected chi connectivity index (χ1v) is 8.68. The SMILES string of the molecule is CC(C)(C)c1ccc(-c2nc(NCCC(=O)O)c3ccccc3n2)cc1. The molecule has 0 aliphatic carbocycles. The highest BCUT2D eigenvalue weighted by Gasteiger charge is 2.14. The molecule has 0 aliphatic heterocycles. The predicted octanol–water partition coefficient (Wildman–Crippen LogP) is 4.48. The van der Waals surface area contributed by atoms with Gasteiger partial charge in [-0.05, 0) is 23.1 Å². The zero-order valence-corrected chi connectivity index (χ0v) is 15.3. The van der Waals surface area contributed by atoms with Gasteiger partial charge in [-0.1, -0.05) is 57.2 Å². The zero-order chi connectivity index (χ0) is 18.7. The van der Waals surface area contributed by atoms with Gasteiger partial charge in [-0.2, -0.15) is 0 Å². The maximum absolute atomic E-state index is 10.8. The Morgan fingerprint density at radius 1 is 1.04 bits per heavy atom. The van der Waals surface area contributed by atoms with Crippen molar-refractivity contribution in [3.8, 4) is 11.4 Å². The van der Waals surface area contributed by atoms with Crippen molar-refractivity contribution in [1.29, 1.82) is 0 Å². The third kappa shape index (κ3) is 3.99. The number of carboxylic acid groups (broad SMARTS) is 1. The Bertz CT molecular complexity index is 928. The monoisotopic (exact) mass is 349 g/mol. The molecule has 0 bridgehead atoms. The molecule has 0 amide bonds. The molecule has 0 fully saturated rings. The second-order valence-corrected chi connectivity index (χ2v) is 7.31. The molecular weight excluding hydrogens is 326 g/mol. The fraction of sp³-hybridized carbons (Fsp3) is 0.286. The van der Waals surface area contributed by atoms with E-state index < -0.39 is 5.97 Å². The van der Waals surface area contributed by atoms with Gasteiger partial charge >= 0.3 is 5.97 Å². The Labute approximate surface area is 153 Å². The summed E-state index contributed by atoms with van der Waals surface area (Å²) in [4.78, 5) is 20.1. The minimum atomic E-state index is -0.839. The summed E-state index contributed by atoms with van der Waals surface area (Å²) in [5.41, 5.74) is 3.11.